The Morgan fingerprint density at radius 1 is 0.840 bits per heavy atom. The largest absolute Gasteiger partial charge is 0.292 e. The van der Waals surface area contributed by atoms with E-state index in [1.165, 1.54) is 0 Å². The maximum atomic E-state index is 4.88. The van der Waals surface area contributed by atoms with Crippen LogP contribution in [0.5, 0.6) is 0 Å². The minimum Gasteiger partial charge on any atom is -0.292 e. The summed E-state index contributed by atoms with van der Waals surface area (Å²) >= 11 is 0. The van der Waals surface area contributed by atoms with Gasteiger partial charge in [0.15, 0.2) is 0 Å². The number of rotatable bonds is 2. The second-order valence-corrected chi connectivity index (χ2v) is 7.28. The highest BCUT2D eigenvalue weighted by molar-refractivity contribution is 5.83. The van der Waals surface area contributed by atoms with Crippen LogP contribution in [-0.2, 0) is 5.41 Å². The number of nitrogens with zero attached hydrogens (tertiary/aromatic N) is 3. The first-order valence-electron chi connectivity index (χ1n) is 8.54. The van der Waals surface area contributed by atoms with Crippen molar-refractivity contribution in [2.24, 2.45) is 0 Å². The van der Waals surface area contributed by atoms with Crippen LogP contribution in [0.4, 0.5) is 0 Å². The summed E-state index contributed by atoms with van der Waals surface area (Å²) in [5.74, 6) is 0.939. The van der Waals surface area contributed by atoms with E-state index in [4.69, 9.17) is 4.98 Å². The van der Waals surface area contributed by atoms with Gasteiger partial charge in [-0.1, -0.05) is 69.3 Å². The Bertz CT molecular complexity index is 1010. The van der Waals surface area contributed by atoms with Crippen molar-refractivity contribution in [3.05, 3.63) is 78.6 Å². The third-order valence-corrected chi connectivity index (χ3v) is 4.36. The van der Waals surface area contributed by atoms with Gasteiger partial charge in [0.25, 0.3) is 0 Å². The molecule has 0 aliphatic heterocycles. The minimum atomic E-state index is -0.00706. The molecule has 124 valence electrons. The highest BCUT2D eigenvalue weighted by Crippen LogP contribution is 2.30. The van der Waals surface area contributed by atoms with Gasteiger partial charge in [-0.2, -0.15) is 0 Å². The number of para-hydroxylation sites is 1. The lowest BCUT2D eigenvalue weighted by molar-refractivity contribution is 0.570. The van der Waals surface area contributed by atoms with Gasteiger partial charge in [0.05, 0.1) is 11.7 Å². The van der Waals surface area contributed by atoms with Crippen molar-refractivity contribution in [3.63, 3.8) is 0 Å². The smallest absolute Gasteiger partial charge is 0.145 e. The highest BCUT2D eigenvalue weighted by Gasteiger charge is 2.20. The molecule has 0 saturated heterocycles. The van der Waals surface area contributed by atoms with Crippen LogP contribution in [0.25, 0.3) is 28.1 Å². The van der Waals surface area contributed by atoms with E-state index in [1.54, 1.807) is 0 Å². The van der Waals surface area contributed by atoms with Crippen molar-refractivity contribution in [1.29, 1.82) is 0 Å². The summed E-state index contributed by atoms with van der Waals surface area (Å²) < 4.78 is 2.22. The van der Waals surface area contributed by atoms with Crippen LogP contribution in [0.2, 0.25) is 0 Å². The molecule has 0 spiro atoms. The maximum Gasteiger partial charge on any atom is 0.145 e. The van der Waals surface area contributed by atoms with Gasteiger partial charge in [0, 0.05) is 22.4 Å². The Labute approximate surface area is 148 Å². The van der Waals surface area contributed by atoms with Gasteiger partial charge in [-0.25, -0.2) is 4.98 Å². The normalized spacial score (nSPS) is 11.8. The zero-order valence-electron chi connectivity index (χ0n) is 14.8. The van der Waals surface area contributed by atoms with Gasteiger partial charge in [-0.15, -0.1) is 0 Å². The third-order valence-electron chi connectivity index (χ3n) is 4.36. The van der Waals surface area contributed by atoms with Gasteiger partial charge in [0.1, 0.15) is 11.3 Å². The number of hydrogen-bond donors (Lipinski definition) is 0. The molecule has 0 amide bonds. The number of hydrogen-bond acceptors (Lipinski definition) is 2. The summed E-state index contributed by atoms with van der Waals surface area (Å²) in [4.78, 5) is 9.53. The molecule has 0 bridgehead atoms. The molecule has 0 unspecified atom stereocenters. The first-order chi connectivity index (χ1) is 12.0. The first kappa shape index (κ1) is 15.6. The van der Waals surface area contributed by atoms with Gasteiger partial charge in [-0.05, 0) is 18.2 Å². The molecule has 0 N–H and O–H groups in total. The average molecular weight is 327 g/mol. The van der Waals surface area contributed by atoms with E-state index in [0.29, 0.717) is 0 Å². The van der Waals surface area contributed by atoms with Crippen LogP contribution in [0.1, 0.15) is 26.5 Å². The fraction of sp³-hybridized carbons (Fsp3) is 0.182. The van der Waals surface area contributed by atoms with Crippen LogP contribution in [0, 0.1) is 0 Å². The fourth-order valence-corrected chi connectivity index (χ4v) is 3.01. The van der Waals surface area contributed by atoms with Crippen molar-refractivity contribution < 1.29 is 0 Å². The number of aromatic nitrogens is 3. The van der Waals surface area contributed by atoms with E-state index >= 15 is 0 Å². The van der Waals surface area contributed by atoms with E-state index in [0.717, 1.165) is 33.8 Å². The molecule has 0 atom stereocenters. The molecule has 2 aromatic heterocycles. The lowest BCUT2D eigenvalue weighted by atomic mass is 9.91. The predicted molar refractivity (Wildman–Crippen MR) is 103 cm³/mol. The zero-order valence-corrected chi connectivity index (χ0v) is 14.8. The molecule has 25 heavy (non-hydrogen) atoms. The van der Waals surface area contributed by atoms with E-state index in [2.05, 4.69) is 72.8 Å². The van der Waals surface area contributed by atoms with Crippen LogP contribution in [0.3, 0.4) is 0 Å². The molecular formula is C22H21N3. The van der Waals surface area contributed by atoms with Crippen molar-refractivity contribution in [3.8, 4) is 17.1 Å². The zero-order chi connectivity index (χ0) is 17.4. The number of imidazole rings is 1. The average Bonchev–Trinajstić information content (AvgIpc) is 3.01. The van der Waals surface area contributed by atoms with E-state index in [1.807, 2.05) is 30.5 Å². The second-order valence-electron chi connectivity index (χ2n) is 7.28. The molecule has 0 fully saturated rings. The lowest BCUT2D eigenvalue weighted by Gasteiger charge is -2.17. The van der Waals surface area contributed by atoms with Crippen LogP contribution in [-0.4, -0.2) is 14.5 Å². The molecule has 2 heterocycles. The van der Waals surface area contributed by atoms with Crippen molar-refractivity contribution >= 4 is 11.0 Å². The molecular weight excluding hydrogens is 306 g/mol. The molecule has 0 radical (unpaired) electrons. The molecule has 4 aromatic rings. The van der Waals surface area contributed by atoms with Crippen LogP contribution >= 0.6 is 0 Å². The third kappa shape index (κ3) is 2.82. The van der Waals surface area contributed by atoms with Crippen molar-refractivity contribution in [2.45, 2.75) is 26.2 Å². The van der Waals surface area contributed by atoms with E-state index in [9.17, 15) is 0 Å². The molecule has 0 aliphatic carbocycles. The monoisotopic (exact) mass is 327 g/mol. The summed E-state index contributed by atoms with van der Waals surface area (Å²) in [5.41, 5.74) is 5.26. The predicted octanol–water partition coefficient (Wildman–Crippen LogP) is 5.39. The topological polar surface area (TPSA) is 30.7 Å². The van der Waals surface area contributed by atoms with Gasteiger partial charge >= 0.3 is 0 Å². The van der Waals surface area contributed by atoms with Crippen LogP contribution < -0.4 is 0 Å². The van der Waals surface area contributed by atoms with Gasteiger partial charge < -0.3 is 0 Å². The Balaban J connectivity index is 2.05. The Morgan fingerprint density at radius 3 is 2.12 bits per heavy atom. The summed E-state index contributed by atoms with van der Waals surface area (Å²) in [6, 6.07) is 22.9. The minimum absolute atomic E-state index is 0.00706. The Hall–Kier alpha value is -2.94. The summed E-state index contributed by atoms with van der Waals surface area (Å²) in [7, 11) is 0. The molecule has 3 nitrogen and oxygen atoms in total. The summed E-state index contributed by atoms with van der Waals surface area (Å²) in [5, 5.41) is 0. The number of benzene rings is 2. The molecule has 2 aromatic carbocycles. The van der Waals surface area contributed by atoms with E-state index in [-0.39, 0.29) is 5.41 Å². The highest BCUT2D eigenvalue weighted by atomic mass is 15.1. The number of fused-ring (bicyclic) bond motifs is 1. The van der Waals surface area contributed by atoms with Crippen molar-refractivity contribution in [1.82, 2.24) is 14.5 Å². The Kier molecular flexibility index (Phi) is 3.65. The van der Waals surface area contributed by atoms with Crippen LogP contribution in [0.15, 0.2) is 72.9 Å². The van der Waals surface area contributed by atoms with Gasteiger partial charge in [-0.3, -0.25) is 9.55 Å². The van der Waals surface area contributed by atoms with Crippen molar-refractivity contribution in [2.75, 3.05) is 0 Å². The summed E-state index contributed by atoms with van der Waals surface area (Å²) in [6.07, 6.45) is 1.89. The van der Waals surface area contributed by atoms with Gasteiger partial charge in [0.2, 0.25) is 0 Å². The lowest BCUT2D eigenvalue weighted by Crippen LogP contribution is -2.13. The second kappa shape index (κ2) is 5.85. The molecule has 0 saturated carbocycles. The van der Waals surface area contributed by atoms with E-state index < -0.39 is 0 Å². The molecule has 0 aliphatic rings. The molecule has 4 rings (SSSR count). The maximum absolute atomic E-state index is 4.88. The number of pyridine rings is 1. The standard InChI is InChI=1S/C22H21N3/c1-22(2,3)20-14-19-18(15-23-20)24-21(16-10-6-4-7-11-16)25(19)17-12-8-5-9-13-17/h4-15H,1-3H3. The fourth-order valence-electron chi connectivity index (χ4n) is 3.01. The SMILES string of the molecule is CC(C)(C)c1cc2c(cn1)nc(-c1ccccc1)n2-c1ccccc1. The summed E-state index contributed by atoms with van der Waals surface area (Å²) in [6.45, 7) is 6.55. The molecule has 3 heteroatoms. The Morgan fingerprint density at radius 2 is 1.48 bits per heavy atom. The first-order valence-corrected chi connectivity index (χ1v) is 8.54. The quantitative estimate of drug-likeness (QED) is 0.494.